The molecular weight excluding hydrogens is 300 g/mol. The van der Waals surface area contributed by atoms with Gasteiger partial charge in [-0.2, -0.15) is 0 Å². The Hall–Kier alpha value is -1.76. The molecule has 1 aromatic heterocycles. The number of hydrogen-bond acceptors (Lipinski definition) is 5. The Kier molecular flexibility index (Phi) is 3.36. The molecule has 1 aliphatic heterocycles. The van der Waals surface area contributed by atoms with Crippen LogP contribution in [0.5, 0.6) is 0 Å². The first kappa shape index (κ1) is 15.1. The molecule has 3 rings (SSSR count). The van der Waals surface area contributed by atoms with Crippen LogP contribution in [-0.2, 0) is 16.9 Å². The SMILES string of the molecule is Cn1c(N)nc2cc(NC3CCS(=O)(=O)C(C)(C)C3)ccc21. The van der Waals surface area contributed by atoms with Crippen molar-refractivity contribution in [2.45, 2.75) is 37.5 Å². The van der Waals surface area contributed by atoms with Crippen LogP contribution in [0.3, 0.4) is 0 Å². The van der Waals surface area contributed by atoms with Gasteiger partial charge in [0.15, 0.2) is 9.84 Å². The van der Waals surface area contributed by atoms with Crippen LogP contribution in [0.2, 0.25) is 0 Å². The molecule has 7 heteroatoms. The zero-order valence-electron chi connectivity index (χ0n) is 13.1. The summed E-state index contributed by atoms with van der Waals surface area (Å²) in [7, 11) is -1.11. The van der Waals surface area contributed by atoms with Crippen LogP contribution in [0.25, 0.3) is 11.0 Å². The maximum absolute atomic E-state index is 12.1. The Balaban J connectivity index is 1.82. The Morgan fingerprint density at radius 2 is 2.14 bits per heavy atom. The number of imidazole rings is 1. The Morgan fingerprint density at radius 3 is 2.82 bits per heavy atom. The second kappa shape index (κ2) is 4.87. The van der Waals surface area contributed by atoms with Gasteiger partial charge in [-0.15, -0.1) is 0 Å². The van der Waals surface area contributed by atoms with E-state index >= 15 is 0 Å². The summed E-state index contributed by atoms with van der Waals surface area (Å²) < 4.78 is 25.3. The van der Waals surface area contributed by atoms with Crippen LogP contribution >= 0.6 is 0 Å². The average molecular weight is 322 g/mol. The van der Waals surface area contributed by atoms with Crippen LogP contribution in [0.1, 0.15) is 26.7 Å². The number of rotatable bonds is 2. The van der Waals surface area contributed by atoms with E-state index < -0.39 is 14.6 Å². The monoisotopic (exact) mass is 322 g/mol. The highest BCUT2D eigenvalue weighted by Crippen LogP contribution is 2.32. The average Bonchev–Trinajstić information content (AvgIpc) is 2.69. The minimum Gasteiger partial charge on any atom is -0.382 e. The van der Waals surface area contributed by atoms with Gasteiger partial charge in [0.05, 0.1) is 21.5 Å². The fraction of sp³-hybridized carbons (Fsp3) is 0.533. The van der Waals surface area contributed by atoms with Crippen LogP contribution in [-0.4, -0.2) is 34.5 Å². The molecule has 0 radical (unpaired) electrons. The van der Waals surface area contributed by atoms with E-state index in [4.69, 9.17) is 5.73 Å². The molecule has 1 saturated heterocycles. The molecule has 0 bridgehead atoms. The number of benzene rings is 1. The van der Waals surface area contributed by atoms with Crippen molar-refractivity contribution in [1.29, 1.82) is 0 Å². The quantitative estimate of drug-likeness (QED) is 0.881. The first-order valence-corrected chi connectivity index (χ1v) is 9.06. The van der Waals surface area contributed by atoms with Crippen molar-refractivity contribution in [3.63, 3.8) is 0 Å². The maximum atomic E-state index is 12.1. The number of anilines is 2. The fourth-order valence-electron chi connectivity index (χ4n) is 3.06. The summed E-state index contributed by atoms with van der Waals surface area (Å²) in [5.41, 5.74) is 8.59. The van der Waals surface area contributed by atoms with Gasteiger partial charge in [0.1, 0.15) is 0 Å². The molecule has 2 heterocycles. The molecule has 22 heavy (non-hydrogen) atoms. The summed E-state index contributed by atoms with van der Waals surface area (Å²) in [6, 6.07) is 6.07. The van der Waals surface area contributed by atoms with E-state index in [9.17, 15) is 8.42 Å². The van der Waals surface area contributed by atoms with Crippen LogP contribution in [0.15, 0.2) is 18.2 Å². The summed E-state index contributed by atoms with van der Waals surface area (Å²) in [5, 5.41) is 3.44. The highest BCUT2D eigenvalue weighted by atomic mass is 32.2. The van der Waals surface area contributed by atoms with Gasteiger partial charge in [-0.25, -0.2) is 13.4 Å². The lowest BCUT2D eigenvalue weighted by Crippen LogP contribution is -2.45. The van der Waals surface area contributed by atoms with Gasteiger partial charge >= 0.3 is 0 Å². The van der Waals surface area contributed by atoms with Crippen molar-refractivity contribution in [2.75, 3.05) is 16.8 Å². The molecule has 6 nitrogen and oxygen atoms in total. The van der Waals surface area contributed by atoms with Crippen molar-refractivity contribution in [3.8, 4) is 0 Å². The van der Waals surface area contributed by atoms with Crippen LogP contribution in [0, 0.1) is 0 Å². The van der Waals surface area contributed by atoms with Crippen molar-refractivity contribution in [3.05, 3.63) is 18.2 Å². The fourth-order valence-corrected chi connectivity index (χ4v) is 4.67. The normalized spacial score (nSPS) is 23.5. The molecular formula is C15H22N4O2S. The highest BCUT2D eigenvalue weighted by Gasteiger charge is 2.40. The number of fused-ring (bicyclic) bond motifs is 1. The van der Waals surface area contributed by atoms with Crippen molar-refractivity contribution < 1.29 is 8.42 Å². The van der Waals surface area contributed by atoms with Crippen molar-refractivity contribution in [2.24, 2.45) is 7.05 Å². The smallest absolute Gasteiger partial charge is 0.200 e. The van der Waals surface area contributed by atoms with Gasteiger partial charge < -0.3 is 15.6 Å². The van der Waals surface area contributed by atoms with E-state index in [0.717, 1.165) is 16.7 Å². The lowest BCUT2D eigenvalue weighted by Gasteiger charge is -2.35. The molecule has 1 atom stereocenters. The minimum absolute atomic E-state index is 0.150. The maximum Gasteiger partial charge on any atom is 0.200 e. The molecule has 120 valence electrons. The minimum atomic E-state index is -3.00. The predicted octanol–water partition coefficient (Wildman–Crippen LogP) is 1.92. The van der Waals surface area contributed by atoms with E-state index in [1.807, 2.05) is 29.8 Å². The van der Waals surface area contributed by atoms with Gasteiger partial charge in [-0.05, 0) is 44.9 Å². The third kappa shape index (κ3) is 2.43. The summed E-state index contributed by atoms with van der Waals surface area (Å²) in [4.78, 5) is 4.32. The second-order valence-electron chi connectivity index (χ2n) is 6.65. The van der Waals surface area contributed by atoms with E-state index in [0.29, 0.717) is 18.8 Å². The first-order valence-electron chi connectivity index (χ1n) is 7.40. The summed E-state index contributed by atoms with van der Waals surface area (Å²) in [6.45, 7) is 3.61. The first-order chi connectivity index (χ1) is 10.2. The topological polar surface area (TPSA) is 90.0 Å². The number of nitrogens with one attached hydrogen (secondary N) is 1. The molecule has 0 spiro atoms. The van der Waals surface area contributed by atoms with Crippen LogP contribution in [0.4, 0.5) is 11.6 Å². The molecule has 1 unspecified atom stereocenters. The molecule has 0 saturated carbocycles. The van der Waals surface area contributed by atoms with Gasteiger partial charge in [0.2, 0.25) is 5.95 Å². The lowest BCUT2D eigenvalue weighted by atomic mass is 9.99. The number of nitrogens with zero attached hydrogens (tertiary/aromatic N) is 2. The molecule has 2 aromatic rings. The van der Waals surface area contributed by atoms with E-state index in [1.54, 1.807) is 13.8 Å². The van der Waals surface area contributed by atoms with Gasteiger partial charge in [0, 0.05) is 18.8 Å². The van der Waals surface area contributed by atoms with Gasteiger partial charge in [-0.1, -0.05) is 0 Å². The zero-order chi connectivity index (χ0) is 16.1. The van der Waals surface area contributed by atoms with E-state index in [1.165, 1.54) is 0 Å². The summed E-state index contributed by atoms with van der Waals surface area (Å²) in [6.07, 6.45) is 1.24. The zero-order valence-corrected chi connectivity index (χ0v) is 13.9. The van der Waals surface area contributed by atoms with Crippen molar-refractivity contribution in [1.82, 2.24) is 9.55 Å². The Bertz CT molecular complexity index is 823. The molecule has 0 amide bonds. The number of aromatic nitrogens is 2. The third-order valence-corrected chi connectivity index (χ3v) is 7.22. The standard InChI is InChI=1S/C15H22N4O2S/c1-15(2)9-11(6-7-22(15,20)21)17-10-4-5-13-12(8-10)18-14(16)19(13)3/h4-5,8,11,17H,6-7,9H2,1-3H3,(H2,16,18). The molecule has 1 fully saturated rings. The summed E-state index contributed by atoms with van der Waals surface area (Å²) >= 11 is 0. The van der Waals surface area contributed by atoms with E-state index in [2.05, 4.69) is 10.3 Å². The van der Waals surface area contributed by atoms with E-state index in [-0.39, 0.29) is 11.8 Å². The largest absolute Gasteiger partial charge is 0.382 e. The molecule has 1 aromatic carbocycles. The number of hydrogen-bond donors (Lipinski definition) is 2. The van der Waals surface area contributed by atoms with Gasteiger partial charge in [0.25, 0.3) is 0 Å². The number of nitrogen functional groups attached to an aromatic ring is 1. The third-order valence-electron chi connectivity index (χ3n) is 4.60. The van der Waals surface area contributed by atoms with Gasteiger partial charge in [-0.3, -0.25) is 0 Å². The highest BCUT2D eigenvalue weighted by molar-refractivity contribution is 7.92. The predicted molar refractivity (Wildman–Crippen MR) is 89.6 cm³/mol. The second-order valence-corrected chi connectivity index (χ2v) is 9.39. The summed E-state index contributed by atoms with van der Waals surface area (Å²) in [5.74, 6) is 0.716. The molecule has 0 aliphatic carbocycles. The Morgan fingerprint density at radius 1 is 1.41 bits per heavy atom. The molecule has 1 aliphatic rings. The molecule has 3 N–H and O–H groups in total. The number of aryl methyl sites for hydroxylation is 1. The lowest BCUT2D eigenvalue weighted by molar-refractivity contribution is 0.463. The Labute approximate surface area is 130 Å². The number of nitrogens with two attached hydrogens (primary N) is 1. The van der Waals surface area contributed by atoms with Crippen LogP contribution < -0.4 is 11.1 Å². The van der Waals surface area contributed by atoms with Crippen molar-refractivity contribution >= 4 is 32.5 Å². The number of sulfone groups is 1.